The van der Waals surface area contributed by atoms with Gasteiger partial charge < -0.3 is 15.2 Å². The first kappa shape index (κ1) is 21.1. The second-order valence-corrected chi connectivity index (χ2v) is 6.99. The first-order chi connectivity index (χ1) is 12.8. The van der Waals surface area contributed by atoms with Crippen LogP contribution in [0.25, 0.3) is 0 Å². The maximum absolute atomic E-state index is 12.6. The summed E-state index contributed by atoms with van der Waals surface area (Å²) in [4.78, 5) is 12.2. The fourth-order valence-corrected chi connectivity index (χ4v) is 2.78. The number of nitrogens with zero attached hydrogens (tertiary/aromatic N) is 4. The smallest absolute Gasteiger partial charge is 0.357 e. The van der Waals surface area contributed by atoms with Crippen molar-refractivity contribution in [3.63, 3.8) is 0 Å². The molecule has 0 unspecified atom stereocenters. The molecule has 2 aromatic rings. The number of rotatable bonds is 8. The molecule has 0 saturated carbocycles. The van der Waals surface area contributed by atoms with Gasteiger partial charge in [-0.3, -0.25) is 0 Å². The molecule has 150 valence electrons. The average Bonchev–Trinajstić information content (AvgIpc) is 3.25. The molecule has 0 amide bonds. The number of hydrogen-bond acceptors (Lipinski definition) is 6. The summed E-state index contributed by atoms with van der Waals surface area (Å²) in [5.41, 5.74) is -0.879. The first-order valence-corrected chi connectivity index (χ1v) is 9.53. The molecule has 0 bridgehead atoms. The zero-order chi connectivity index (χ0) is 19.9. The van der Waals surface area contributed by atoms with Crippen LogP contribution in [0.3, 0.4) is 0 Å². The summed E-state index contributed by atoms with van der Waals surface area (Å²) in [6.07, 6.45) is -3.04. The molecule has 0 aromatic carbocycles. The van der Waals surface area contributed by atoms with Crippen molar-refractivity contribution in [1.82, 2.24) is 25.8 Å². The molecular formula is C16H23F3N6OS. The average molecular weight is 404 g/mol. The maximum atomic E-state index is 12.6. The third kappa shape index (κ3) is 6.81. The van der Waals surface area contributed by atoms with Gasteiger partial charge in [0, 0.05) is 30.8 Å². The molecule has 0 aliphatic carbocycles. The van der Waals surface area contributed by atoms with Gasteiger partial charge in [0.2, 0.25) is 5.89 Å². The molecule has 0 aliphatic heterocycles. The third-order valence-corrected chi connectivity index (χ3v) is 4.25. The number of alkyl halides is 3. The van der Waals surface area contributed by atoms with Gasteiger partial charge in [-0.25, -0.2) is 9.98 Å². The van der Waals surface area contributed by atoms with E-state index in [-0.39, 0.29) is 12.5 Å². The molecule has 27 heavy (non-hydrogen) atoms. The number of hydrogen-bond donors (Lipinski definition) is 2. The van der Waals surface area contributed by atoms with Crippen LogP contribution in [0, 0.1) is 0 Å². The van der Waals surface area contributed by atoms with E-state index in [1.165, 1.54) is 0 Å². The van der Waals surface area contributed by atoms with E-state index in [9.17, 15) is 13.2 Å². The maximum Gasteiger partial charge on any atom is 0.434 e. The zero-order valence-electron chi connectivity index (χ0n) is 15.4. The predicted octanol–water partition coefficient (Wildman–Crippen LogP) is 3.36. The minimum Gasteiger partial charge on any atom is -0.357 e. The third-order valence-electron chi connectivity index (χ3n) is 3.42. The van der Waals surface area contributed by atoms with Gasteiger partial charge in [-0.05, 0) is 13.3 Å². The zero-order valence-corrected chi connectivity index (χ0v) is 16.2. The van der Waals surface area contributed by atoms with E-state index in [0.29, 0.717) is 42.2 Å². The van der Waals surface area contributed by atoms with Crippen LogP contribution < -0.4 is 10.6 Å². The molecule has 0 spiro atoms. The van der Waals surface area contributed by atoms with Crippen LogP contribution in [0.5, 0.6) is 0 Å². The Morgan fingerprint density at radius 2 is 2.07 bits per heavy atom. The van der Waals surface area contributed by atoms with Crippen molar-refractivity contribution in [3.05, 3.63) is 27.8 Å². The van der Waals surface area contributed by atoms with Crippen LogP contribution in [0.15, 0.2) is 14.9 Å². The standard InChI is InChI=1S/C16H23F3N6OS/c1-4-20-15(22-8-13-23-11(9-27-13)16(17,18)19)21-7-5-6-12-24-14(10(2)3)25-26-12/h9-10H,4-8H2,1-3H3,(H2,20,21,22). The lowest BCUT2D eigenvalue weighted by molar-refractivity contribution is -0.140. The number of aromatic nitrogens is 3. The highest BCUT2D eigenvalue weighted by Crippen LogP contribution is 2.30. The molecule has 2 N–H and O–H groups in total. The van der Waals surface area contributed by atoms with Crippen LogP contribution >= 0.6 is 11.3 Å². The number of aliphatic imine (C=N–C) groups is 1. The summed E-state index contributed by atoms with van der Waals surface area (Å²) in [5, 5.41) is 11.4. The van der Waals surface area contributed by atoms with Gasteiger partial charge in [-0.15, -0.1) is 11.3 Å². The van der Waals surface area contributed by atoms with Gasteiger partial charge in [0.25, 0.3) is 0 Å². The minimum absolute atomic E-state index is 0.0808. The van der Waals surface area contributed by atoms with Crippen molar-refractivity contribution in [2.45, 2.75) is 52.3 Å². The molecule has 0 atom stereocenters. The molecule has 0 saturated heterocycles. The number of aryl methyl sites for hydroxylation is 1. The lowest BCUT2D eigenvalue weighted by Crippen LogP contribution is -2.37. The Balaban J connectivity index is 1.81. The number of halogens is 3. The summed E-state index contributed by atoms with van der Waals surface area (Å²) < 4.78 is 42.9. The van der Waals surface area contributed by atoms with Crippen molar-refractivity contribution in [2.24, 2.45) is 4.99 Å². The minimum atomic E-state index is -4.43. The Morgan fingerprint density at radius 1 is 1.30 bits per heavy atom. The van der Waals surface area contributed by atoms with E-state index in [1.54, 1.807) is 0 Å². The van der Waals surface area contributed by atoms with Gasteiger partial charge in [-0.2, -0.15) is 18.2 Å². The fraction of sp³-hybridized carbons (Fsp3) is 0.625. The van der Waals surface area contributed by atoms with Gasteiger partial charge in [0.15, 0.2) is 17.5 Å². The van der Waals surface area contributed by atoms with Crippen LogP contribution in [0.1, 0.15) is 55.5 Å². The Bertz CT molecular complexity index is 741. The van der Waals surface area contributed by atoms with Crippen molar-refractivity contribution in [1.29, 1.82) is 0 Å². The molecule has 0 radical (unpaired) electrons. The lowest BCUT2D eigenvalue weighted by Gasteiger charge is -2.10. The fourth-order valence-electron chi connectivity index (χ4n) is 2.05. The van der Waals surface area contributed by atoms with Crippen molar-refractivity contribution in [3.8, 4) is 0 Å². The second kappa shape index (κ2) is 9.67. The Kier molecular flexibility index (Phi) is 7.57. The largest absolute Gasteiger partial charge is 0.434 e. The Morgan fingerprint density at radius 3 is 2.67 bits per heavy atom. The van der Waals surface area contributed by atoms with E-state index in [2.05, 4.69) is 30.8 Å². The second-order valence-electron chi connectivity index (χ2n) is 6.05. The van der Waals surface area contributed by atoms with E-state index in [0.717, 1.165) is 23.1 Å². The van der Waals surface area contributed by atoms with Gasteiger partial charge >= 0.3 is 6.18 Å². The van der Waals surface area contributed by atoms with Crippen molar-refractivity contribution in [2.75, 3.05) is 13.1 Å². The van der Waals surface area contributed by atoms with E-state index >= 15 is 0 Å². The summed E-state index contributed by atoms with van der Waals surface area (Å²) in [7, 11) is 0. The molecule has 7 nitrogen and oxygen atoms in total. The highest BCUT2D eigenvalue weighted by molar-refractivity contribution is 7.09. The summed E-state index contributed by atoms with van der Waals surface area (Å²) >= 11 is 0.945. The van der Waals surface area contributed by atoms with Crippen LogP contribution in [-0.4, -0.2) is 34.2 Å². The highest BCUT2D eigenvalue weighted by Gasteiger charge is 2.33. The van der Waals surface area contributed by atoms with E-state index < -0.39 is 11.9 Å². The normalized spacial score (nSPS) is 12.6. The Labute approximate surface area is 159 Å². The van der Waals surface area contributed by atoms with Gasteiger partial charge in [0.05, 0.1) is 6.54 Å². The molecule has 2 aromatic heterocycles. The number of nitrogens with one attached hydrogen (secondary N) is 2. The van der Waals surface area contributed by atoms with Crippen LogP contribution in [-0.2, 0) is 19.1 Å². The Hall–Kier alpha value is -2.17. The SMILES string of the molecule is CCNC(=NCc1nc(C(F)(F)F)cs1)NCCCc1nc(C(C)C)no1. The van der Waals surface area contributed by atoms with E-state index in [1.807, 2.05) is 20.8 Å². The van der Waals surface area contributed by atoms with E-state index in [4.69, 9.17) is 4.52 Å². The topological polar surface area (TPSA) is 88.2 Å². The van der Waals surface area contributed by atoms with Gasteiger partial charge in [0.1, 0.15) is 5.01 Å². The highest BCUT2D eigenvalue weighted by atomic mass is 32.1. The monoisotopic (exact) mass is 404 g/mol. The molecule has 2 rings (SSSR count). The molecular weight excluding hydrogens is 381 g/mol. The van der Waals surface area contributed by atoms with Crippen molar-refractivity contribution < 1.29 is 17.7 Å². The lowest BCUT2D eigenvalue weighted by atomic mass is 10.2. The van der Waals surface area contributed by atoms with Crippen molar-refractivity contribution >= 4 is 17.3 Å². The molecule has 0 fully saturated rings. The molecule has 0 aliphatic rings. The number of guanidine groups is 1. The van der Waals surface area contributed by atoms with Crippen LogP contribution in [0.2, 0.25) is 0 Å². The summed E-state index contributed by atoms with van der Waals surface area (Å²) in [5.74, 6) is 2.02. The van der Waals surface area contributed by atoms with Crippen LogP contribution in [0.4, 0.5) is 13.2 Å². The quantitative estimate of drug-likeness (QED) is 0.399. The molecule has 2 heterocycles. The first-order valence-electron chi connectivity index (χ1n) is 8.65. The predicted molar refractivity (Wildman–Crippen MR) is 96.6 cm³/mol. The molecule has 11 heteroatoms. The number of thiazole rings is 1. The van der Waals surface area contributed by atoms with Gasteiger partial charge in [-0.1, -0.05) is 19.0 Å². The summed E-state index contributed by atoms with van der Waals surface area (Å²) in [6, 6.07) is 0. The summed E-state index contributed by atoms with van der Waals surface area (Å²) in [6.45, 7) is 7.23.